The van der Waals surface area contributed by atoms with E-state index < -0.39 is 0 Å². The molecule has 0 saturated carbocycles. The van der Waals surface area contributed by atoms with Crippen molar-refractivity contribution in [2.24, 2.45) is 7.05 Å². The minimum atomic E-state index is 0.335. The van der Waals surface area contributed by atoms with Crippen molar-refractivity contribution in [2.45, 2.75) is 26.4 Å². The number of nitriles is 1. The summed E-state index contributed by atoms with van der Waals surface area (Å²) in [6, 6.07) is 6.64. The van der Waals surface area contributed by atoms with Gasteiger partial charge in [-0.25, -0.2) is 0 Å². The Balaban J connectivity index is 2.05. The van der Waals surface area contributed by atoms with Crippen LogP contribution in [0.5, 0.6) is 0 Å². The van der Waals surface area contributed by atoms with Crippen LogP contribution >= 0.6 is 11.3 Å². The minimum Gasteiger partial charge on any atom is -0.340 e. The lowest BCUT2D eigenvalue weighted by Gasteiger charge is -2.12. The van der Waals surface area contributed by atoms with Crippen molar-refractivity contribution in [3.8, 4) is 6.07 Å². The Hall–Kier alpha value is -1.57. The first-order valence-corrected chi connectivity index (χ1v) is 6.88. The Morgan fingerprint density at radius 3 is 2.89 bits per heavy atom. The van der Waals surface area contributed by atoms with Gasteiger partial charge >= 0.3 is 0 Å². The molecule has 1 atom stereocenters. The highest BCUT2D eigenvalue weighted by molar-refractivity contribution is 7.07. The van der Waals surface area contributed by atoms with Crippen LogP contribution in [0.4, 0.5) is 0 Å². The number of thiophene rings is 1. The van der Waals surface area contributed by atoms with Gasteiger partial charge in [0.1, 0.15) is 11.8 Å². The van der Waals surface area contributed by atoms with Crippen molar-refractivity contribution in [3.05, 3.63) is 45.4 Å². The number of hydrogen-bond donors (Lipinski definition) is 1. The maximum absolute atomic E-state index is 8.99. The standard InChI is InChI=1S/C14H17N3S/c1-10(12-4-5-18-9-12)16-8-13-6-14(7-15)17(3)11(13)2/h4-6,9-10,16H,8H2,1-3H3. The Morgan fingerprint density at radius 1 is 1.56 bits per heavy atom. The van der Waals surface area contributed by atoms with Gasteiger partial charge in [0.2, 0.25) is 0 Å². The van der Waals surface area contributed by atoms with E-state index in [9.17, 15) is 0 Å². The monoisotopic (exact) mass is 259 g/mol. The van der Waals surface area contributed by atoms with Crippen molar-refractivity contribution < 1.29 is 0 Å². The van der Waals surface area contributed by atoms with Gasteiger partial charge in [-0.3, -0.25) is 0 Å². The van der Waals surface area contributed by atoms with Gasteiger partial charge < -0.3 is 9.88 Å². The first kappa shape index (κ1) is 12.9. The van der Waals surface area contributed by atoms with E-state index in [2.05, 4.69) is 35.1 Å². The molecule has 2 rings (SSSR count). The van der Waals surface area contributed by atoms with Crippen molar-refractivity contribution >= 4 is 11.3 Å². The molecule has 0 aromatic carbocycles. The van der Waals surface area contributed by atoms with E-state index in [0.717, 1.165) is 12.2 Å². The van der Waals surface area contributed by atoms with Crippen LogP contribution in [0.3, 0.4) is 0 Å². The third kappa shape index (κ3) is 2.47. The Labute approximate surface area is 112 Å². The van der Waals surface area contributed by atoms with E-state index >= 15 is 0 Å². The third-order valence-electron chi connectivity index (χ3n) is 3.40. The van der Waals surface area contributed by atoms with E-state index in [1.165, 1.54) is 11.1 Å². The predicted molar refractivity (Wildman–Crippen MR) is 74.4 cm³/mol. The van der Waals surface area contributed by atoms with E-state index in [-0.39, 0.29) is 0 Å². The van der Waals surface area contributed by atoms with Crippen LogP contribution < -0.4 is 5.32 Å². The van der Waals surface area contributed by atoms with E-state index in [4.69, 9.17) is 5.26 Å². The quantitative estimate of drug-likeness (QED) is 0.916. The van der Waals surface area contributed by atoms with Crippen LogP contribution in [0.25, 0.3) is 0 Å². The molecule has 1 unspecified atom stereocenters. The summed E-state index contributed by atoms with van der Waals surface area (Å²) < 4.78 is 1.94. The Bertz CT molecular complexity index is 561. The number of nitrogens with zero attached hydrogens (tertiary/aromatic N) is 2. The fourth-order valence-corrected chi connectivity index (χ4v) is 2.70. The van der Waals surface area contributed by atoms with Gasteiger partial charge in [0.25, 0.3) is 0 Å². The SMILES string of the molecule is Cc1c(CNC(C)c2ccsc2)cc(C#N)n1C. The fraction of sp³-hybridized carbons (Fsp3) is 0.357. The summed E-state index contributed by atoms with van der Waals surface area (Å²) in [6.07, 6.45) is 0. The normalized spacial score (nSPS) is 12.3. The molecular weight excluding hydrogens is 242 g/mol. The van der Waals surface area contributed by atoms with Gasteiger partial charge in [0.05, 0.1) is 0 Å². The van der Waals surface area contributed by atoms with Crippen molar-refractivity contribution in [2.75, 3.05) is 0 Å². The average Bonchev–Trinajstić information content (AvgIpc) is 2.98. The van der Waals surface area contributed by atoms with Gasteiger partial charge in [-0.05, 0) is 47.9 Å². The molecule has 3 nitrogen and oxygen atoms in total. The number of rotatable bonds is 4. The number of hydrogen-bond acceptors (Lipinski definition) is 3. The lowest BCUT2D eigenvalue weighted by atomic mass is 10.1. The maximum atomic E-state index is 8.99. The Morgan fingerprint density at radius 2 is 2.33 bits per heavy atom. The van der Waals surface area contributed by atoms with Crippen molar-refractivity contribution in [1.82, 2.24) is 9.88 Å². The molecule has 1 N–H and O–H groups in total. The first-order chi connectivity index (χ1) is 8.63. The highest BCUT2D eigenvalue weighted by Crippen LogP contribution is 2.18. The number of aromatic nitrogens is 1. The summed E-state index contributed by atoms with van der Waals surface area (Å²) >= 11 is 1.72. The zero-order valence-electron chi connectivity index (χ0n) is 10.9. The van der Waals surface area contributed by atoms with Crippen LogP contribution in [0, 0.1) is 18.3 Å². The molecule has 4 heteroatoms. The van der Waals surface area contributed by atoms with Gasteiger partial charge in [0.15, 0.2) is 0 Å². The maximum Gasteiger partial charge on any atom is 0.120 e. The smallest absolute Gasteiger partial charge is 0.120 e. The lowest BCUT2D eigenvalue weighted by Crippen LogP contribution is -2.17. The van der Waals surface area contributed by atoms with Crippen LogP contribution in [0.1, 0.15) is 35.5 Å². The first-order valence-electron chi connectivity index (χ1n) is 5.94. The molecular formula is C14H17N3S. The lowest BCUT2D eigenvalue weighted by molar-refractivity contribution is 0.574. The van der Waals surface area contributed by atoms with Crippen LogP contribution in [-0.4, -0.2) is 4.57 Å². The molecule has 2 aromatic heterocycles. The molecule has 0 radical (unpaired) electrons. The van der Waals surface area contributed by atoms with Gasteiger partial charge in [0, 0.05) is 25.3 Å². The van der Waals surface area contributed by atoms with Gasteiger partial charge in [-0.1, -0.05) is 0 Å². The predicted octanol–water partition coefficient (Wildman–Crippen LogP) is 3.12. The van der Waals surface area contributed by atoms with Crippen molar-refractivity contribution in [3.63, 3.8) is 0 Å². The molecule has 18 heavy (non-hydrogen) atoms. The molecule has 0 aliphatic carbocycles. The molecule has 0 aliphatic rings. The molecule has 0 amide bonds. The third-order valence-corrected chi connectivity index (χ3v) is 4.10. The topological polar surface area (TPSA) is 40.8 Å². The molecule has 2 aromatic rings. The highest BCUT2D eigenvalue weighted by Gasteiger charge is 2.10. The molecule has 94 valence electrons. The highest BCUT2D eigenvalue weighted by atomic mass is 32.1. The van der Waals surface area contributed by atoms with Crippen LogP contribution in [-0.2, 0) is 13.6 Å². The summed E-state index contributed by atoms with van der Waals surface area (Å²) in [7, 11) is 1.93. The summed E-state index contributed by atoms with van der Waals surface area (Å²) in [5, 5.41) is 16.7. The zero-order chi connectivity index (χ0) is 13.1. The van der Waals surface area contributed by atoms with Gasteiger partial charge in [-0.2, -0.15) is 16.6 Å². The second kappa shape index (κ2) is 5.38. The Kier molecular flexibility index (Phi) is 3.85. The number of nitrogens with one attached hydrogen (secondary N) is 1. The second-order valence-corrected chi connectivity index (χ2v) is 5.25. The zero-order valence-corrected chi connectivity index (χ0v) is 11.7. The molecule has 2 heterocycles. The fourth-order valence-electron chi connectivity index (χ4n) is 1.95. The molecule has 0 bridgehead atoms. The van der Waals surface area contributed by atoms with Crippen molar-refractivity contribution in [1.29, 1.82) is 5.26 Å². The van der Waals surface area contributed by atoms with Crippen LogP contribution in [0.15, 0.2) is 22.9 Å². The van der Waals surface area contributed by atoms with E-state index in [1.807, 2.05) is 24.6 Å². The minimum absolute atomic E-state index is 0.335. The molecule has 0 spiro atoms. The second-order valence-electron chi connectivity index (χ2n) is 4.47. The average molecular weight is 259 g/mol. The molecule has 0 fully saturated rings. The summed E-state index contributed by atoms with van der Waals surface area (Å²) in [5.41, 5.74) is 4.37. The molecule has 0 aliphatic heterocycles. The van der Waals surface area contributed by atoms with E-state index in [0.29, 0.717) is 11.7 Å². The summed E-state index contributed by atoms with van der Waals surface area (Å²) in [6.45, 7) is 5.00. The van der Waals surface area contributed by atoms with Gasteiger partial charge in [-0.15, -0.1) is 0 Å². The van der Waals surface area contributed by atoms with E-state index in [1.54, 1.807) is 11.3 Å². The summed E-state index contributed by atoms with van der Waals surface area (Å²) in [5.74, 6) is 0. The largest absolute Gasteiger partial charge is 0.340 e. The molecule has 0 saturated heterocycles. The van der Waals surface area contributed by atoms with Crippen LogP contribution in [0.2, 0.25) is 0 Å². The summed E-state index contributed by atoms with van der Waals surface area (Å²) in [4.78, 5) is 0.